The van der Waals surface area contributed by atoms with E-state index in [-0.39, 0.29) is 0 Å². The van der Waals surface area contributed by atoms with Gasteiger partial charge in [0.15, 0.2) is 0 Å². The van der Waals surface area contributed by atoms with Crippen LogP contribution in [0.25, 0.3) is 59.4 Å². The molecule has 5 aromatic carbocycles. The zero-order valence-electron chi connectivity index (χ0n) is 18.3. The number of benzene rings is 5. The van der Waals surface area contributed by atoms with Crippen molar-refractivity contribution in [2.45, 2.75) is 0 Å². The molecule has 0 bridgehead atoms. The van der Waals surface area contributed by atoms with Gasteiger partial charge in [0.1, 0.15) is 5.01 Å². The van der Waals surface area contributed by atoms with Crippen molar-refractivity contribution < 1.29 is 0 Å². The molecule has 7 aromatic rings. The molecule has 0 spiro atoms. The quantitative estimate of drug-likeness (QED) is 0.262. The van der Waals surface area contributed by atoms with Crippen LogP contribution in [0.1, 0.15) is 0 Å². The maximum Gasteiger partial charge on any atom is 0.124 e. The molecule has 0 N–H and O–H groups in total. The first-order chi connectivity index (χ1) is 16.8. The van der Waals surface area contributed by atoms with Gasteiger partial charge >= 0.3 is 0 Å². The van der Waals surface area contributed by atoms with Crippen molar-refractivity contribution in [1.29, 1.82) is 0 Å². The van der Waals surface area contributed by atoms with Gasteiger partial charge in [0, 0.05) is 22.0 Å². The third-order valence-electron chi connectivity index (χ3n) is 6.45. The average molecular weight is 453 g/mol. The van der Waals surface area contributed by atoms with Gasteiger partial charge in [-0.15, -0.1) is 11.3 Å². The van der Waals surface area contributed by atoms with E-state index in [0.717, 1.165) is 21.8 Å². The highest BCUT2D eigenvalue weighted by Gasteiger charge is 2.12. The molecule has 7 rings (SSSR count). The first-order valence-corrected chi connectivity index (χ1v) is 12.2. The standard InChI is InChI=1S/C31H20N2S/c1-2-8-21(9-3-1)23-16-19-30-27(20-23)32-31(34-30)22-14-17-24(18-15-22)33-28-12-6-4-10-25(28)26-11-5-7-13-29(26)33/h1-20H. The first kappa shape index (κ1) is 19.3. The fourth-order valence-electron chi connectivity index (χ4n) is 4.81. The highest BCUT2D eigenvalue weighted by atomic mass is 32.1. The molecule has 0 aliphatic heterocycles. The number of rotatable bonds is 3. The summed E-state index contributed by atoms with van der Waals surface area (Å²) in [4.78, 5) is 4.97. The molecule has 0 unspecified atom stereocenters. The van der Waals surface area contributed by atoms with E-state index in [1.807, 2.05) is 6.07 Å². The minimum atomic E-state index is 1.05. The van der Waals surface area contributed by atoms with Gasteiger partial charge in [-0.05, 0) is 59.7 Å². The fourth-order valence-corrected chi connectivity index (χ4v) is 5.77. The van der Waals surface area contributed by atoms with Gasteiger partial charge in [0.05, 0.1) is 21.3 Å². The van der Waals surface area contributed by atoms with Crippen LogP contribution in [0.15, 0.2) is 121 Å². The summed E-state index contributed by atoms with van der Waals surface area (Å²) in [6.07, 6.45) is 0. The summed E-state index contributed by atoms with van der Waals surface area (Å²) in [5.74, 6) is 0. The predicted molar refractivity (Wildman–Crippen MR) is 145 cm³/mol. The Balaban J connectivity index is 1.30. The van der Waals surface area contributed by atoms with E-state index in [4.69, 9.17) is 4.98 Å². The molecule has 2 nitrogen and oxygen atoms in total. The molecule has 2 aromatic heterocycles. The Labute approximate surface area is 201 Å². The Bertz CT molecular complexity index is 1740. The highest BCUT2D eigenvalue weighted by molar-refractivity contribution is 7.21. The number of aromatic nitrogens is 2. The SMILES string of the molecule is c1ccc(-c2ccc3sc(-c4ccc(-n5c6ccccc6c6ccccc65)cc4)nc3c2)cc1. The van der Waals surface area contributed by atoms with E-state index >= 15 is 0 Å². The van der Waals surface area contributed by atoms with Crippen molar-refractivity contribution in [1.82, 2.24) is 9.55 Å². The summed E-state index contributed by atoms with van der Waals surface area (Å²) in [6, 6.07) is 43.1. The first-order valence-electron chi connectivity index (χ1n) is 11.4. The van der Waals surface area contributed by atoms with E-state index in [1.165, 1.54) is 37.6 Å². The largest absolute Gasteiger partial charge is 0.309 e. The lowest BCUT2D eigenvalue weighted by Gasteiger charge is -2.08. The second kappa shape index (κ2) is 7.68. The summed E-state index contributed by atoms with van der Waals surface area (Å²) >= 11 is 1.74. The van der Waals surface area contributed by atoms with E-state index in [2.05, 4.69) is 120 Å². The molecular formula is C31H20N2S. The van der Waals surface area contributed by atoms with E-state index < -0.39 is 0 Å². The molecule has 0 radical (unpaired) electrons. The summed E-state index contributed by atoms with van der Waals surface area (Å²) in [5.41, 5.74) is 8.23. The Hall–Kier alpha value is -4.21. The van der Waals surface area contributed by atoms with Crippen molar-refractivity contribution in [3.8, 4) is 27.4 Å². The van der Waals surface area contributed by atoms with Crippen LogP contribution in [0.3, 0.4) is 0 Å². The van der Waals surface area contributed by atoms with Crippen LogP contribution in [-0.4, -0.2) is 9.55 Å². The van der Waals surface area contributed by atoms with Gasteiger partial charge in [0.25, 0.3) is 0 Å². The van der Waals surface area contributed by atoms with Crippen LogP contribution in [0.5, 0.6) is 0 Å². The molecule has 2 heterocycles. The summed E-state index contributed by atoms with van der Waals surface area (Å²) in [7, 11) is 0. The van der Waals surface area contributed by atoms with Crippen LogP contribution in [0.4, 0.5) is 0 Å². The molecule has 0 aliphatic carbocycles. The van der Waals surface area contributed by atoms with E-state index in [9.17, 15) is 0 Å². The van der Waals surface area contributed by atoms with Crippen molar-refractivity contribution in [3.05, 3.63) is 121 Å². The number of hydrogen-bond acceptors (Lipinski definition) is 2. The fraction of sp³-hybridized carbons (Fsp3) is 0. The van der Waals surface area contributed by atoms with Gasteiger partial charge < -0.3 is 4.57 Å². The van der Waals surface area contributed by atoms with Gasteiger partial charge in [-0.25, -0.2) is 4.98 Å². The van der Waals surface area contributed by atoms with E-state index in [0.29, 0.717) is 0 Å². The Morgan fingerprint density at radius 2 is 1.15 bits per heavy atom. The summed E-state index contributed by atoms with van der Waals surface area (Å²) in [6.45, 7) is 0. The highest BCUT2D eigenvalue weighted by Crippen LogP contribution is 2.35. The van der Waals surface area contributed by atoms with Crippen molar-refractivity contribution in [2.24, 2.45) is 0 Å². The third kappa shape index (κ3) is 3.06. The maximum atomic E-state index is 4.97. The lowest BCUT2D eigenvalue weighted by Crippen LogP contribution is -1.93. The minimum Gasteiger partial charge on any atom is -0.309 e. The second-order valence-electron chi connectivity index (χ2n) is 8.48. The molecule has 160 valence electrons. The molecule has 0 fully saturated rings. The number of hydrogen-bond donors (Lipinski definition) is 0. The molecule has 34 heavy (non-hydrogen) atoms. The average Bonchev–Trinajstić information content (AvgIpc) is 3.48. The minimum absolute atomic E-state index is 1.05. The number of thiazole rings is 1. The second-order valence-corrected chi connectivity index (χ2v) is 9.51. The zero-order chi connectivity index (χ0) is 22.5. The van der Waals surface area contributed by atoms with Gasteiger partial charge in [-0.3, -0.25) is 0 Å². The number of nitrogens with zero attached hydrogens (tertiary/aromatic N) is 2. The molecule has 0 saturated heterocycles. The smallest absolute Gasteiger partial charge is 0.124 e. The lowest BCUT2D eigenvalue weighted by molar-refractivity contribution is 1.18. The predicted octanol–water partition coefficient (Wildman–Crippen LogP) is 8.73. The maximum absolute atomic E-state index is 4.97. The van der Waals surface area contributed by atoms with Gasteiger partial charge in [-0.1, -0.05) is 72.8 Å². The monoisotopic (exact) mass is 452 g/mol. The van der Waals surface area contributed by atoms with Gasteiger partial charge in [0.2, 0.25) is 0 Å². The van der Waals surface area contributed by atoms with Crippen LogP contribution in [0, 0.1) is 0 Å². The van der Waals surface area contributed by atoms with E-state index in [1.54, 1.807) is 11.3 Å². The van der Waals surface area contributed by atoms with Gasteiger partial charge in [-0.2, -0.15) is 0 Å². The molecule has 3 heteroatoms. The van der Waals surface area contributed by atoms with Crippen LogP contribution in [0.2, 0.25) is 0 Å². The third-order valence-corrected chi connectivity index (χ3v) is 7.53. The van der Waals surface area contributed by atoms with Crippen LogP contribution < -0.4 is 0 Å². The van der Waals surface area contributed by atoms with Crippen LogP contribution >= 0.6 is 11.3 Å². The normalized spacial score (nSPS) is 11.5. The van der Waals surface area contributed by atoms with Crippen molar-refractivity contribution >= 4 is 43.4 Å². The molecule has 0 aliphatic rings. The molecule has 0 amide bonds. The lowest BCUT2D eigenvalue weighted by atomic mass is 10.1. The molecule has 0 saturated carbocycles. The Kier molecular flexibility index (Phi) is 4.36. The number of para-hydroxylation sites is 2. The Morgan fingerprint density at radius 1 is 0.529 bits per heavy atom. The van der Waals surface area contributed by atoms with Crippen molar-refractivity contribution in [2.75, 3.05) is 0 Å². The van der Waals surface area contributed by atoms with Crippen LogP contribution in [-0.2, 0) is 0 Å². The Morgan fingerprint density at radius 3 is 1.85 bits per heavy atom. The summed E-state index contributed by atoms with van der Waals surface area (Å²) in [5, 5.41) is 3.61. The summed E-state index contributed by atoms with van der Waals surface area (Å²) < 4.78 is 3.56. The zero-order valence-corrected chi connectivity index (χ0v) is 19.2. The molecular weight excluding hydrogens is 432 g/mol. The topological polar surface area (TPSA) is 17.8 Å². The molecule has 0 atom stereocenters. The number of fused-ring (bicyclic) bond motifs is 4. The van der Waals surface area contributed by atoms with Crippen molar-refractivity contribution in [3.63, 3.8) is 0 Å².